The van der Waals surface area contributed by atoms with Crippen molar-refractivity contribution in [3.63, 3.8) is 0 Å². The second-order valence-corrected chi connectivity index (χ2v) is 5.85. The predicted octanol–water partition coefficient (Wildman–Crippen LogP) is 1.85. The summed E-state index contributed by atoms with van der Waals surface area (Å²) in [5.74, 6) is -0.0566. The van der Waals surface area contributed by atoms with Gasteiger partial charge in [-0.25, -0.2) is 8.97 Å². The van der Waals surface area contributed by atoms with Crippen molar-refractivity contribution in [3.8, 4) is 0 Å². The number of aromatic nitrogens is 2. The summed E-state index contributed by atoms with van der Waals surface area (Å²) in [6, 6.07) is 12.2. The van der Waals surface area contributed by atoms with Crippen molar-refractivity contribution < 1.29 is 4.40 Å². The first-order valence-electron chi connectivity index (χ1n) is 7.90. The number of hydrogen-bond donors (Lipinski definition) is 2. The van der Waals surface area contributed by atoms with Gasteiger partial charge < -0.3 is 11.5 Å². The summed E-state index contributed by atoms with van der Waals surface area (Å²) in [7, 11) is 2.06. The van der Waals surface area contributed by atoms with Crippen LogP contribution in [0.3, 0.4) is 0 Å². The number of nitrogens with two attached hydrogens (primary N) is 2. The molecule has 0 bridgehead atoms. The van der Waals surface area contributed by atoms with Crippen LogP contribution in [-0.2, 0) is 7.05 Å². The lowest BCUT2D eigenvalue weighted by Gasteiger charge is -1.95. The van der Waals surface area contributed by atoms with Gasteiger partial charge in [-0.2, -0.15) is 5.10 Å². The van der Waals surface area contributed by atoms with Crippen LogP contribution in [0.4, 0.5) is 0 Å². The van der Waals surface area contributed by atoms with Crippen molar-refractivity contribution in [1.82, 2.24) is 4.57 Å². The van der Waals surface area contributed by atoms with Gasteiger partial charge in [0.2, 0.25) is 5.96 Å². The summed E-state index contributed by atoms with van der Waals surface area (Å²) in [6.45, 7) is 2.09. The Morgan fingerprint density at radius 1 is 1.00 bits per heavy atom. The first-order valence-corrected chi connectivity index (χ1v) is 7.90. The highest BCUT2D eigenvalue weighted by Gasteiger charge is 2.11. The number of hydrogen-bond acceptors (Lipinski definition) is 2. The molecule has 0 amide bonds. The van der Waals surface area contributed by atoms with E-state index in [-0.39, 0.29) is 5.96 Å². The van der Waals surface area contributed by atoms with Gasteiger partial charge in [0, 0.05) is 6.07 Å². The summed E-state index contributed by atoms with van der Waals surface area (Å²) in [6.07, 6.45) is 10.0. The van der Waals surface area contributed by atoms with Crippen molar-refractivity contribution in [2.24, 2.45) is 28.7 Å². The SMILES string of the molecule is Cc1ccc2n(C)c(/C=C/c3ccc(/C=N/N=C(N)N)cc3)c[n+]2c1. The highest BCUT2D eigenvalue weighted by molar-refractivity contribution is 5.82. The second kappa shape index (κ2) is 7.00. The molecule has 0 atom stereocenters. The lowest BCUT2D eigenvalue weighted by molar-refractivity contribution is -0.511. The molecule has 0 aliphatic rings. The van der Waals surface area contributed by atoms with E-state index in [1.807, 2.05) is 24.3 Å². The predicted molar refractivity (Wildman–Crippen MR) is 102 cm³/mol. The zero-order chi connectivity index (χ0) is 17.8. The first-order chi connectivity index (χ1) is 12.0. The average molecular weight is 333 g/mol. The van der Waals surface area contributed by atoms with Gasteiger partial charge in [-0.1, -0.05) is 30.3 Å². The Morgan fingerprint density at radius 2 is 1.72 bits per heavy atom. The molecule has 3 rings (SSSR count). The Balaban J connectivity index is 1.79. The Labute approximate surface area is 146 Å². The van der Waals surface area contributed by atoms with Gasteiger partial charge >= 0.3 is 0 Å². The van der Waals surface area contributed by atoms with Crippen LogP contribution in [-0.4, -0.2) is 16.7 Å². The number of guanidine groups is 1. The van der Waals surface area contributed by atoms with Crippen LogP contribution in [0, 0.1) is 6.92 Å². The topological polar surface area (TPSA) is 85.8 Å². The van der Waals surface area contributed by atoms with E-state index in [0.717, 1.165) is 22.5 Å². The molecule has 0 spiro atoms. The zero-order valence-electron chi connectivity index (χ0n) is 14.3. The maximum atomic E-state index is 5.23. The molecular formula is C19H21N6+. The summed E-state index contributed by atoms with van der Waals surface area (Å²) in [5.41, 5.74) is 16.0. The zero-order valence-corrected chi connectivity index (χ0v) is 14.3. The number of aryl methyl sites for hydroxylation is 2. The first kappa shape index (κ1) is 16.4. The monoisotopic (exact) mass is 333 g/mol. The molecule has 0 unspecified atom stereocenters. The number of nitrogens with zero attached hydrogens (tertiary/aromatic N) is 4. The van der Waals surface area contributed by atoms with E-state index in [9.17, 15) is 0 Å². The summed E-state index contributed by atoms with van der Waals surface area (Å²) >= 11 is 0. The lowest BCUT2D eigenvalue weighted by atomic mass is 10.1. The van der Waals surface area contributed by atoms with Crippen molar-refractivity contribution in [2.45, 2.75) is 6.92 Å². The van der Waals surface area contributed by atoms with Gasteiger partial charge in [-0.15, -0.1) is 5.10 Å². The van der Waals surface area contributed by atoms with E-state index in [0.29, 0.717) is 0 Å². The van der Waals surface area contributed by atoms with Gasteiger partial charge in [0.05, 0.1) is 19.5 Å². The molecule has 0 aliphatic carbocycles. The molecule has 25 heavy (non-hydrogen) atoms. The average Bonchev–Trinajstić information content (AvgIpc) is 2.89. The molecule has 0 saturated heterocycles. The summed E-state index contributed by atoms with van der Waals surface area (Å²) in [5, 5.41) is 7.37. The highest BCUT2D eigenvalue weighted by atomic mass is 15.3. The Kier molecular flexibility index (Phi) is 4.61. The largest absolute Gasteiger partial charge is 0.369 e. The molecule has 0 saturated carbocycles. The third-order valence-electron chi connectivity index (χ3n) is 3.87. The second-order valence-electron chi connectivity index (χ2n) is 5.85. The van der Waals surface area contributed by atoms with E-state index in [2.05, 4.69) is 69.8 Å². The highest BCUT2D eigenvalue weighted by Crippen LogP contribution is 2.11. The molecule has 126 valence electrons. The maximum absolute atomic E-state index is 5.23. The van der Waals surface area contributed by atoms with E-state index < -0.39 is 0 Å². The van der Waals surface area contributed by atoms with Gasteiger partial charge in [0.15, 0.2) is 5.69 Å². The van der Waals surface area contributed by atoms with Gasteiger partial charge in [0.1, 0.15) is 6.20 Å². The number of rotatable bonds is 4. The Hall–Kier alpha value is -3.41. The minimum atomic E-state index is -0.0566. The fourth-order valence-corrected chi connectivity index (χ4v) is 2.56. The lowest BCUT2D eigenvalue weighted by Crippen LogP contribution is -2.21. The normalized spacial score (nSPS) is 11.6. The molecule has 3 aromatic rings. The standard InChI is InChI=1S/C19H21N6/c1-14-3-10-18-24(2)17(13-25(18)12-14)9-8-15-4-6-16(7-5-15)11-22-23-19(20)21/h3-13H,1-2H3,(H4,20,21,23)/q+1/b9-8+,22-11+. The third-order valence-corrected chi connectivity index (χ3v) is 3.87. The minimum absolute atomic E-state index is 0.0566. The van der Waals surface area contributed by atoms with Crippen LogP contribution in [0.2, 0.25) is 0 Å². The molecule has 2 aromatic heterocycles. The Bertz CT molecular complexity index is 973. The minimum Gasteiger partial charge on any atom is -0.369 e. The molecule has 0 fully saturated rings. The van der Waals surface area contributed by atoms with E-state index in [1.165, 1.54) is 5.56 Å². The fraction of sp³-hybridized carbons (Fsp3) is 0.105. The molecule has 0 aliphatic heterocycles. The quantitative estimate of drug-likeness (QED) is 0.330. The van der Waals surface area contributed by atoms with E-state index in [4.69, 9.17) is 11.5 Å². The molecule has 6 heteroatoms. The summed E-state index contributed by atoms with van der Waals surface area (Å²) < 4.78 is 4.30. The molecule has 0 radical (unpaired) electrons. The van der Waals surface area contributed by atoms with Crippen molar-refractivity contribution in [2.75, 3.05) is 0 Å². The molecular weight excluding hydrogens is 312 g/mol. The van der Waals surface area contributed by atoms with Crippen molar-refractivity contribution in [1.29, 1.82) is 0 Å². The van der Waals surface area contributed by atoms with Crippen LogP contribution in [0.1, 0.15) is 22.4 Å². The summed E-state index contributed by atoms with van der Waals surface area (Å²) in [4.78, 5) is 0. The van der Waals surface area contributed by atoms with Crippen LogP contribution in [0.25, 0.3) is 17.8 Å². The van der Waals surface area contributed by atoms with Gasteiger partial charge in [-0.05, 0) is 35.8 Å². The third kappa shape index (κ3) is 3.92. The maximum Gasteiger partial charge on any atom is 0.286 e. The van der Waals surface area contributed by atoms with Gasteiger partial charge in [0.25, 0.3) is 5.65 Å². The fourth-order valence-electron chi connectivity index (χ4n) is 2.56. The van der Waals surface area contributed by atoms with Crippen LogP contribution in [0.5, 0.6) is 0 Å². The van der Waals surface area contributed by atoms with Crippen LogP contribution >= 0.6 is 0 Å². The van der Waals surface area contributed by atoms with Crippen molar-refractivity contribution >= 4 is 30.0 Å². The number of pyridine rings is 1. The molecule has 4 N–H and O–H groups in total. The van der Waals surface area contributed by atoms with Gasteiger partial charge in [-0.3, -0.25) is 0 Å². The smallest absolute Gasteiger partial charge is 0.286 e. The molecule has 6 nitrogen and oxygen atoms in total. The van der Waals surface area contributed by atoms with E-state index in [1.54, 1.807) is 6.21 Å². The number of benzene rings is 1. The van der Waals surface area contributed by atoms with E-state index >= 15 is 0 Å². The number of fused-ring (bicyclic) bond motifs is 1. The van der Waals surface area contributed by atoms with Crippen molar-refractivity contribution in [3.05, 3.63) is 71.2 Å². The molecule has 2 heterocycles. The number of imidazole rings is 1. The Morgan fingerprint density at radius 3 is 2.44 bits per heavy atom. The van der Waals surface area contributed by atoms with Crippen LogP contribution in [0.15, 0.2) is 59.0 Å². The van der Waals surface area contributed by atoms with Crippen LogP contribution < -0.4 is 15.9 Å². The molecule has 1 aromatic carbocycles.